The summed E-state index contributed by atoms with van der Waals surface area (Å²) in [5.74, 6) is -0.472. The lowest BCUT2D eigenvalue weighted by molar-refractivity contribution is 0.128. The zero-order chi connectivity index (χ0) is 21.8. The average molecular weight is 443 g/mol. The van der Waals surface area contributed by atoms with Gasteiger partial charge in [0, 0.05) is 32.0 Å². The lowest BCUT2D eigenvalue weighted by Gasteiger charge is -2.26. The Balaban J connectivity index is 1.31. The smallest absolute Gasteiger partial charge is 0.243 e. The zero-order valence-electron chi connectivity index (χ0n) is 16.9. The van der Waals surface area contributed by atoms with Gasteiger partial charge in [0.15, 0.2) is 0 Å². The van der Waals surface area contributed by atoms with Crippen LogP contribution < -0.4 is 5.32 Å². The average Bonchev–Trinajstić information content (AvgIpc) is 3.59. The standard InChI is InChI=1S/C22H23FN4O3S/c23-18-2-6-21(7-3-18)31(28,29)27-11-9-20(10-12-27)26-30-15-16-1-8-22(17(13-16)14-24)25-19-4-5-19/h1-3,6-8,13,19,25H,4-5,9-12,15H2. The number of hydrogen-bond acceptors (Lipinski definition) is 6. The van der Waals surface area contributed by atoms with Crippen LogP contribution in [0.5, 0.6) is 0 Å². The molecule has 2 fully saturated rings. The van der Waals surface area contributed by atoms with E-state index in [4.69, 9.17) is 4.84 Å². The van der Waals surface area contributed by atoms with Crippen molar-refractivity contribution in [3.63, 3.8) is 0 Å². The summed E-state index contributed by atoms with van der Waals surface area (Å²) in [6.07, 6.45) is 3.20. The quantitative estimate of drug-likeness (QED) is 0.661. The molecule has 1 N–H and O–H groups in total. The Labute approximate surface area is 181 Å². The first-order valence-electron chi connectivity index (χ1n) is 10.2. The van der Waals surface area contributed by atoms with Crippen LogP contribution in [0, 0.1) is 17.1 Å². The number of halogens is 1. The summed E-state index contributed by atoms with van der Waals surface area (Å²) in [6.45, 7) is 0.823. The number of sulfonamides is 1. The van der Waals surface area contributed by atoms with E-state index in [1.807, 2.05) is 12.1 Å². The number of nitrogens with zero attached hydrogens (tertiary/aromatic N) is 3. The van der Waals surface area contributed by atoms with E-state index in [0.29, 0.717) is 37.5 Å². The summed E-state index contributed by atoms with van der Waals surface area (Å²) in [4.78, 5) is 5.54. The van der Waals surface area contributed by atoms with Crippen molar-refractivity contribution in [3.8, 4) is 6.07 Å². The normalized spacial score (nSPS) is 17.1. The molecule has 1 saturated heterocycles. The third kappa shape index (κ3) is 5.21. The Kier molecular flexibility index (Phi) is 6.20. The number of piperidine rings is 1. The van der Waals surface area contributed by atoms with Crippen LogP contribution in [-0.4, -0.2) is 37.6 Å². The van der Waals surface area contributed by atoms with Crippen LogP contribution >= 0.6 is 0 Å². The van der Waals surface area contributed by atoms with Gasteiger partial charge >= 0.3 is 0 Å². The third-order valence-electron chi connectivity index (χ3n) is 5.32. The van der Waals surface area contributed by atoms with Gasteiger partial charge in [-0.05, 0) is 54.8 Å². The molecule has 1 heterocycles. The molecule has 0 radical (unpaired) electrons. The molecule has 2 aromatic carbocycles. The van der Waals surface area contributed by atoms with E-state index in [1.54, 1.807) is 6.07 Å². The SMILES string of the molecule is N#Cc1cc(CON=C2CCN(S(=O)(=O)c3ccc(F)cc3)CC2)ccc1NC1CC1. The number of anilines is 1. The molecule has 1 saturated carbocycles. The second-order valence-corrected chi connectivity index (χ2v) is 9.64. The van der Waals surface area contributed by atoms with Crippen LogP contribution in [-0.2, 0) is 21.5 Å². The summed E-state index contributed by atoms with van der Waals surface area (Å²) in [5.41, 5.74) is 3.06. The van der Waals surface area contributed by atoms with Gasteiger partial charge in [-0.2, -0.15) is 9.57 Å². The van der Waals surface area contributed by atoms with Crippen LogP contribution in [0.15, 0.2) is 52.5 Å². The molecule has 2 aliphatic rings. The zero-order valence-corrected chi connectivity index (χ0v) is 17.7. The summed E-state index contributed by atoms with van der Waals surface area (Å²) in [6, 6.07) is 13.1. The molecule has 1 aliphatic carbocycles. The molecule has 9 heteroatoms. The van der Waals surface area contributed by atoms with Gasteiger partial charge in [0.2, 0.25) is 10.0 Å². The third-order valence-corrected chi connectivity index (χ3v) is 7.23. The molecular weight excluding hydrogens is 419 g/mol. The van der Waals surface area contributed by atoms with Crippen molar-refractivity contribution in [2.24, 2.45) is 5.16 Å². The maximum Gasteiger partial charge on any atom is 0.243 e. The largest absolute Gasteiger partial charge is 0.391 e. The van der Waals surface area contributed by atoms with Crippen LogP contribution in [0.25, 0.3) is 0 Å². The molecule has 1 aliphatic heterocycles. The van der Waals surface area contributed by atoms with Crippen molar-refractivity contribution in [3.05, 3.63) is 59.4 Å². The number of nitriles is 1. The molecule has 0 bridgehead atoms. The second-order valence-electron chi connectivity index (χ2n) is 7.70. The Hall–Kier alpha value is -2.96. The highest BCUT2D eigenvalue weighted by atomic mass is 32.2. The van der Waals surface area contributed by atoms with Crippen molar-refractivity contribution < 1.29 is 17.6 Å². The van der Waals surface area contributed by atoms with Crippen LogP contribution in [0.2, 0.25) is 0 Å². The van der Waals surface area contributed by atoms with Gasteiger partial charge in [0.25, 0.3) is 0 Å². The predicted molar refractivity (Wildman–Crippen MR) is 114 cm³/mol. The molecule has 31 heavy (non-hydrogen) atoms. The van der Waals surface area contributed by atoms with E-state index in [0.717, 1.165) is 41.9 Å². The molecule has 162 valence electrons. The molecule has 4 rings (SSSR count). The summed E-state index contributed by atoms with van der Waals surface area (Å²) in [7, 11) is -3.65. The van der Waals surface area contributed by atoms with E-state index in [9.17, 15) is 18.1 Å². The number of rotatable bonds is 7. The maximum atomic E-state index is 13.1. The van der Waals surface area contributed by atoms with E-state index in [-0.39, 0.29) is 11.5 Å². The number of benzene rings is 2. The minimum absolute atomic E-state index is 0.0819. The minimum Gasteiger partial charge on any atom is -0.391 e. The van der Waals surface area contributed by atoms with Crippen molar-refractivity contribution in [1.82, 2.24) is 4.31 Å². The van der Waals surface area contributed by atoms with E-state index in [2.05, 4.69) is 16.5 Å². The Morgan fingerprint density at radius 2 is 1.87 bits per heavy atom. The van der Waals surface area contributed by atoms with E-state index >= 15 is 0 Å². The van der Waals surface area contributed by atoms with Crippen molar-refractivity contribution in [2.45, 2.75) is 43.2 Å². The Morgan fingerprint density at radius 1 is 1.16 bits per heavy atom. The summed E-state index contributed by atoms with van der Waals surface area (Å²) >= 11 is 0. The fraction of sp³-hybridized carbons (Fsp3) is 0.364. The van der Waals surface area contributed by atoms with Crippen molar-refractivity contribution in [2.75, 3.05) is 18.4 Å². The maximum absolute atomic E-state index is 13.1. The molecule has 0 aromatic heterocycles. The van der Waals surface area contributed by atoms with Crippen molar-refractivity contribution in [1.29, 1.82) is 5.26 Å². The van der Waals surface area contributed by atoms with Crippen molar-refractivity contribution >= 4 is 21.4 Å². The molecule has 0 atom stereocenters. The van der Waals surface area contributed by atoms with Gasteiger partial charge in [-0.15, -0.1) is 0 Å². The molecule has 2 aromatic rings. The van der Waals surface area contributed by atoms with Gasteiger partial charge < -0.3 is 10.2 Å². The molecular formula is C22H23FN4O3S. The van der Waals surface area contributed by atoms with Crippen LogP contribution in [0.3, 0.4) is 0 Å². The first kappa shape index (κ1) is 21.3. The fourth-order valence-electron chi connectivity index (χ4n) is 3.38. The molecule has 0 unspecified atom stereocenters. The lowest BCUT2D eigenvalue weighted by atomic mass is 10.1. The molecule has 0 spiro atoms. The summed E-state index contributed by atoms with van der Waals surface area (Å²) < 4.78 is 39.8. The first-order chi connectivity index (χ1) is 15.0. The summed E-state index contributed by atoms with van der Waals surface area (Å²) in [5, 5.41) is 16.9. The highest BCUT2D eigenvalue weighted by Gasteiger charge is 2.28. The van der Waals surface area contributed by atoms with Gasteiger partial charge in [-0.25, -0.2) is 12.8 Å². The van der Waals surface area contributed by atoms with Crippen LogP contribution in [0.4, 0.5) is 10.1 Å². The van der Waals surface area contributed by atoms with Gasteiger partial charge in [-0.3, -0.25) is 0 Å². The monoisotopic (exact) mass is 442 g/mol. The number of hydrogen-bond donors (Lipinski definition) is 1. The Morgan fingerprint density at radius 3 is 2.52 bits per heavy atom. The molecule has 0 amide bonds. The van der Waals surface area contributed by atoms with E-state index < -0.39 is 15.8 Å². The van der Waals surface area contributed by atoms with Gasteiger partial charge in [0.1, 0.15) is 18.5 Å². The minimum atomic E-state index is -3.65. The fourth-order valence-corrected chi connectivity index (χ4v) is 4.82. The van der Waals surface area contributed by atoms with Gasteiger partial charge in [-0.1, -0.05) is 11.2 Å². The highest BCUT2D eigenvalue weighted by Crippen LogP contribution is 2.27. The second kappa shape index (κ2) is 9.04. The van der Waals surface area contributed by atoms with Crippen LogP contribution in [0.1, 0.15) is 36.8 Å². The predicted octanol–water partition coefficient (Wildman–Crippen LogP) is 3.63. The Bertz CT molecular complexity index is 1110. The highest BCUT2D eigenvalue weighted by molar-refractivity contribution is 7.89. The number of oxime groups is 1. The van der Waals surface area contributed by atoms with E-state index in [1.165, 1.54) is 16.4 Å². The first-order valence-corrected chi connectivity index (χ1v) is 11.6. The number of nitrogens with one attached hydrogen (secondary N) is 1. The topological polar surface area (TPSA) is 94.8 Å². The van der Waals surface area contributed by atoms with Gasteiger partial charge in [0.05, 0.1) is 21.9 Å². The lowest BCUT2D eigenvalue weighted by Crippen LogP contribution is -2.38. The molecule has 7 nitrogen and oxygen atoms in total.